The fraction of sp³-hybridized carbons (Fsp3) is 0.167. The van der Waals surface area contributed by atoms with E-state index in [4.69, 9.17) is 21.1 Å². The van der Waals surface area contributed by atoms with Crippen molar-refractivity contribution in [2.75, 3.05) is 6.61 Å². The highest BCUT2D eigenvalue weighted by atomic mass is 127. The smallest absolute Gasteiger partial charge is 0.272 e. The highest BCUT2D eigenvalue weighted by molar-refractivity contribution is 14.1. The number of carbonyl (C=O) groups is 1. The molecule has 1 amide bonds. The van der Waals surface area contributed by atoms with Gasteiger partial charge < -0.3 is 9.47 Å². The van der Waals surface area contributed by atoms with E-state index in [9.17, 15) is 9.18 Å². The van der Waals surface area contributed by atoms with Crippen molar-refractivity contribution in [3.05, 3.63) is 91.3 Å². The first kappa shape index (κ1) is 24.0. The Hall–Kier alpha value is -2.65. The van der Waals surface area contributed by atoms with Crippen LogP contribution in [0.2, 0.25) is 5.02 Å². The number of nitrogens with one attached hydrogen (secondary N) is 1. The zero-order valence-corrected chi connectivity index (χ0v) is 20.4. The lowest BCUT2D eigenvalue weighted by molar-refractivity contribution is 0.0955. The number of hydrazone groups is 1. The fourth-order valence-corrected chi connectivity index (χ4v) is 3.96. The Labute approximate surface area is 204 Å². The third-order valence-corrected chi connectivity index (χ3v) is 5.52. The van der Waals surface area contributed by atoms with E-state index < -0.39 is 5.91 Å². The van der Waals surface area contributed by atoms with Gasteiger partial charge in [0.25, 0.3) is 5.91 Å². The third kappa shape index (κ3) is 6.20. The molecule has 0 unspecified atom stereocenters. The Bertz CT molecular complexity index is 1150. The van der Waals surface area contributed by atoms with Gasteiger partial charge in [0.2, 0.25) is 0 Å². The number of halogens is 3. The standard InChI is InChI=1S/C24H21ClFIN2O3/c1-3-31-22-12-16(13-28-29-24(30)18-9-8-15(2)10-19(18)25)11-21(27)23(22)32-14-17-6-4-5-7-20(17)26/h4-13H,3,14H2,1-2H3,(H,29,30)/b28-13-. The Balaban J connectivity index is 1.74. The molecular weight excluding hydrogens is 546 g/mol. The molecule has 0 aliphatic rings. The minimum absolute atomic E-state index is 0.0730. The quantitative estimate of drug-likeness (QED) is 0.203. The minimum atomic E-state index is -0.407. The molecule has 8 heteroatoms. The van der Waals surface area contributed by atoms with E-state index in [2.05, 4.69) is 33.1 Å². The topological polar surface area (TPSA) is 59.9 Å². The van der Waals surface area contributed by atoms with Crippen LogP contribution >= 0.6 is 34.2 Å². The molecule has 5 nitrogen and oxygen atoms in total. The van der Waals surface area contributed by atoms with Crippen LogP contribution in [0.15, 0.2) is 59.7 Å². The van der Waals surface area contributed by atoms with E-state index in [1.807, 2.05) is 19.9 Å². The van der Waals surface area contributed by atoms with Crippen molar-refractivity contribution < 1.29 is 18.7 Å². The number of amides is 1. The molecule has 0 atom stereocenters. The second-order valence-electron chi connectivity index (χ2n) is 6.83. The second-order valence-corrected chi connectivity index (χ2v) is 8.39. The van der Waals surface area contributed by atoms with Crippen LogP contribution in [0.4, 0.5) is 4.39 Å². The maximum Gasteiger partial charge on any atom is 0.272 e. The van der Waals surface area contributed by atoms with Gasteiger partial charge in [-0.15, -0.1) is 0 Å². The molecule has 0 fully saturated rings. The van der Waals surface area contributed by atoms with Gasteiger partial charge in [-0.2, -0.15) is 5.10 Å². The molecule has 3 aromatic rings. The number of nitrogens with zero attached hydrogens (tertiary/aromatic N) is 1. The van der Waals surface area contributed by atoms with E-state index in [0.29, 0.717) is 39.8 Å². The molecule has 0 spiro atoms. The normalized spacial score (nSPS) is 10.9. The zero-order chi connectivity index (χ0) is 23.1. The maximum atomic E-state index is 13.9. The number of hydrogen-bond donors (Lipinski definition) is 1. The van der Waals surface area contributed by atoms with Crippen molar-refractivity contribution in [3.63, 3.8) is 0 Å². The summed E-state index contributed by atoms with van der Waals surface area (Å²) in [5, 5.41) is 4.39. The van der Waals surface area contributed by atoms with Gasteiger partial charge in [-0.05, 0) is 77.9 Å². The largest absolute Gasteiger partial charge is 0.490 e. The van der Waals surface area contributed by atoms with Crippen molar-refractivity contribution in [3.8, 4) is 11.5 Å². The number of hydrogen-bond acceptors (Lipinski definition) is 4. The lowest BCUT2D eigenvalue weighted by atomic mass is 10.1. The van der Waals surface area contributed by atoms with E-state index >= 15 is 0 Å². The molecule has 0 aliphatic carbocycles. The molecule has 166 valence electrons. The first-order valence-electron chi connectivity index (χ1n) is 9.81. The summed E-state index contributed by atoms with van der Waals surface area (Å²) in [6.45, 7) is 4.26. The number of carbonyl (C=O) groups excluding carboxylic acids is 1. The number of benzene rings is 3. The minimum Gasteiger partial charge on any atom is -0.490 e. The van der Waals surface area contributed by atoms with E-state index in [-0.39, 0.29) is 12.4 Å². The Morgan fingerprint density at radius 1 is 1.19 bits per heavy atom. The van der Waals surface area contributed by atoms with Crippen molar-refractivity contribution in [1.82, 2.24) is 5.43 Å². The van der Waals surface area contributed by atoms with Crippen LogP contribution in [0.5, 0.6) is 11.5 Å². The van der Waals surface area contributed by atoms with Crippen LogP contribution in [0.3, 0.4) is 0 Å². The van der Waals surface area contributed by atoms with E-state index in [0.717, 1.165) is 9.13 Å². The van der Waals surface area contributed by atoms with Crippen molar-refractivity contribution >= 4 is 46.3 Å². The number of rotatable bonds is 8. The summed E-state index contributed by atoms with van der Waals surface area (Å²) in [5.74, 6) is 0.290. The first-order valence-corrected chi connectivity index (χ1v) is 11.3. The molecular formula is C24H21ClFIN2O3. The first-order chi connectivity index (χ1) is 15.4. The Morgan fingerprint density at radius 2 is 1.97 bits per heavy atom. The lowest BCUT2D eigenvalue weighted by Gasteiger charge is -2.15. The van der Waals surface area contributed by atoms with Crippen molar-refractivity contribution in [1.29, 1.82) is 0 Å². The molecule has 0 saturated carbocycles. The third-order valence-electron chi connectivity index (χ3n) is 4.41. The number of ether oxygens (including phenoxy) is 2. The summed E-state index contributed by atoms with van der Waals surface area (Å²) >= 11 is 8.25. The molecule has 0 heterocycles. The van der Waals surface area contributed by atoms with Crippen LogP contribution in [0.1, 0.15) is 34.0 Å². The highest BCUT2D eigenvalue weighted by Crippen LogP contribution is 2.34. The molecule has 3 aromatic carbocycles. The van der Waals surface area contributed by atoms with Crippen LogP contribution in [0.25, 0.3) is 0 Å². The predicted molar refractivity (Wildman–Crippen MR) is 132 cm³/mol. The fourth-order valence-electron chi connectivity index (χ4n) is 2.86. The molecule has 0 aromatic heterocycles. The summed E-state index contributed by atoms with van der Waals surface area (Å²) in [5.41, 5.74) is 4.94. The Morgan fingerprint density at radius 3 is 2.69 bits per heavy atom. The zero-order valence-electron chi connectivity index (χ0n) is 17.5. The Kier molecular flexibility index (Phi) is 8.46. The highest BCUT2D eigenvalue weighted by Gasteiger charge is 2.14. The summed E-state index contributed by atoms with van der Waals surface area (Å²) in [6, 6.07) is 15.2. The molecule has 0 radical (unpaired) electrons. The van der Waals surface area contributed by atoms with Gasteiger partial charge in [0.1, 0.15) is 12.4 Å². The molecule has 0 saturated heterocycles. The van der Waals surface area contributed by atoms with E-state index in [1.165, 1.54) is 12.3 Å². The van der Waals surface area contributed by atoms with Crippen LogP contribution in [-0.4, -0.2) is 18.7 Å². The maximum absolute atomic E-state index is 13.9. The van der Waals surface area contributed by atoms with Gasteiger partial charge in [-0.1, -0.05) is 35.9 Å². The summed E-state index contributed by atoms with van der Waals surface area (Å²) in [6.07, 6.45) is 1.51. The van der Waals surface area contributed by atoms with Crippen molar-refractivity contribution in [2.24, 2.45) is 5.10 Å². The van der Waals surface area contributed by atoms with Crippen LogP contribution in [0, 0.1) is 16.3 Å². The summed E-state index contributed by atoms with van der Waals surface area (Å²) in [4.78, 5) is 12.3. The molecule has 0 bridgehead atoms. The number of aryl methyl sites for hydroxylation is 1. The summed E-state index contributed by atoms with van der Waals surface area (Å²) in [7, 11) is 0. The molecule has 0 aliphatic heterocycles. The van der Waals surface area contributed by atoms with Gasteiger partial charge in [0, 0.05) is 5.56 Å². The van der Waals surface area contributed by atoms with Crippen molar-refractivity contribution in [2.45, 2.75) is 20.5 Å². The van der Waals surface area contributed by atoms with Gasteiger partial charge in [0.05, 0.1) is 27.0 Å². The van der Waals surface area contributed by atoms with Gasteiger partial charge in [-0.3, -0.25) is 4.79 Å². The molecule has 3 rings (SSSR count). The monoisotopic (exact) mass is 566 g/mol. The SMILES string of the molecule is CCOc1cc(/C=N\NC(=O)c2ccc(C)cc2Cl)cc(I)c1OCc1ccccc1F. The van der Waals surface area contributed by atoms with Gasteiger partial charge in [0.15, 0.2) is 11.5 Å². The van der Waals surface area contributed by atoms with Crippen LogP contribution in [-0.2, 0) is 6.61 Å². The average Bonchev–Trinajstić information content (AvgIpc) is 2.74. The van der Waals surface area contributed by atoms with E-state index in [1.54, 1.807) is 42.5 Å². The van der Waals surface area contributed by atoms with Crippen LogP contribution < -0.4 is 14.9 Å². The van der Waals surface area contributed by atoms with Gasteiger partial charge >= 0.3 is 0 Å². The second kappa shape index (κ2) is 11.3. The average molecular weight is 567 g/mol. The summed E-state index contributed by atoms with van der Waals surface area (Å²) < 4.78 is 26.2. The lowest BCUT2D eigenvalue weighted by Crippen LogP contribution is -2.18. The predicted octanol–water partition coefficient (Wildman–Crippen LogP) is 6.13. The molecule has 32 heavy (non-hydrogen) atoms. The van der Waals surface area contributed by atoms with Gasteiger partial charge in [-0.25, -0.2) is 9.82 Å². The molecule has 1 N–H and O–H groups in total.